The van der Waals surface area contributed by atoms with Gasteiger partial charge < -0.3 is 29.6 Å². The lowest BCUT2D eigenvalue weighted by Crippen LogP contribution is -2.45. The van der Waals surface area contributed by atoms with Gasteiger partial charge >= 0.3 is 5.97 Å². The summed E-state index contributed by atoms with van der Waals surface area (Å²) in [5.41, 5.74) is 6.18. The molecule has 1 heterocycles. The van der Waals surface area contributed by atoms with Crippen LogP contribution in [0.15, 0.2) is 18.2 Å². The summed E-state index contributed by atoms with van der Waals surface area (Å²) < 4.78 is 21.8. The Morgan fingerprint density at radius 3 is 2.39 bits per heavy atom. The molecule has 184 valence electrons. The minimum Gasteiger partial charge on any atom is -0.491 e. The smallest absolute Gasteiger partial charge is 0.306 e. The molecule has 0 radical (unpaired) electrons. The molecule has 1 aliphatic rings. The van der Waals surface area contributed by atoms with E-state index in [0.717, 1.165) is 18.6 Å². The van der Waals surface area contributed by atoms with Gasteiger partial charge in [0.05, 0.1) is 19.8 Å². The summed E-state index contributed by atoms with van der Waals surface area (Å²) in [5, 5.41) is 0. The molecule has 0 saturated carbocycles. The Bertz CT molecular complexity index is 820. The molecule has 0 spiro atoms. The summed E-state index contributed by atoms with van der Waals surface area (Å²) in [5.74, 6) is -0.775. The second-order valence-corrected chi connectivity index (χ2v) is 8.87. The summed E-state index contributed by atoms with van der Waals surface area (Å²) in [6, 6.07) is 4.28. The highest BCUT2D eigenvalue weighted by Gasteiger charge is 2.36. The molecule has 1 aromatic rings. The highest BCUT2D eigenvalue weighted by Crippen LogP contribution is 2.29. The summed E-state index contributed by atoms with van der Waals surface area (Å²) in [6.07, 6.45) is 1.07. The van der Waals surface area contributed by atoms with Crippen LogP contribution in [0.1, 0.15) is 62.9 Å². The first-order valence-corrected chi connectivity index (χ1v) is 11.4. The van der Waals surface area contributed by atoms with Gasteiger partial charge in [0.1, 0.15) is 24.0 Å². The lowest BCUT2D eigenvalue weighted by atomic mass is 10.1. The molecule has 0 aromatic heterocycles. The second kappa shape index (κ2) is 12.6. The monoisotopic (exact) mass is 464 g/mol. The van der Waals surface area contributed by atoms with E-state index in [1.165, 1.54) is 4.90 Å². The Balaban J connectivity index is 1.88. The lowest BCUT2D eigenvalue weighted by molar-refractivity contribution is -0.155. The molecular formula is C24H36N2O7. The van der Waals surface area contributed by atoms with E-state index < -0.39 is 23.5 Å². The van der Waals surface area contributed by atoms with Crippen LogP contribution in [0.2, 0.25) is 0 Å². The summed E-state index contributed by atoms with van der Waals surface area (Å²) in [7, 11) is 0. The van der Waals surface area contributed by atoms with Gasteiger partial charge in [-0.25, -0.2) is 0 Å². The molecule has 1 aliphatic heterocycles. The van der Waals surface area contributed by atoms with Crippen molar-refractivity contribution in [3.63, 3.8) is 0 Å². The van der Waals surface area contributed by atoms with Crippen LogP contribution in [0.4, 0.5) is 0 Å². The van der Waals surface area contributed by atoms with E-state index in [-0.39, 0.29) is 25.3 Å². The Kier molecular flexibility index (Phi) is 10.1. The third-order valence-corrected chi connectivity index (χ3v) is 4.87. The van der Waals surface area contributed by atoms with E-state index in [4.69, 9.17) is 24.7 Å². The maximum Gasteiger partial charge on any atom is 0.306 e. The number of carbonyl (C=O) groups is 3. The third-order valence-electron chi connectivity index (χ3n) is 4.87. The molecule has 2 N–H and O–H groups in total. The van der Waals surface area contributed by atoms with Crippen LogP contribution in [0.25, 0.3) is 0 Å². The number of amides is 2. The highest BCUT2D eigenvalue weighted by molar-refractivity contribution is 6.01. The van der Waals surface area contributed by atoms with Crippen LogP contribution in [-0.4, -0.2) is 67.4 Å². The van der Waals surface area contributed by atoms with Gasteiger partial charge in [-0.2, -0.15) is 0 Å². The Labute approximate surface area is 195 Å². The van der Waals surface area contributed by atoms with Crippen molar-refractivity contribution in [1.82, 2.24) is 4.90 Å². The largest absolute Gasteiger partial charge is 0.491 e. The van der Waals surface area contributed by atoms with Crippen molar-refractivity contribution in [3.05, 3.63) is 29.3 Å². The third kappa shape index (κ3) is 8.66. The van der Waals surface area contributed by atoms with E-state index in [1.54, 1.807) is 39.0 Å². The predicted octanol–water partition coefficient (Wildman–Crippen LogP) is 2.44. The van der Waals surface area contributed by atoms with Crippen molar-refractivity contribution in [2.75, 3.05) is 33.0 Å². The molecule has 9 nitrogen and oxygen atoms in total. The average molecular weight is 465 g/mol. The van der Waals surface area contributed by atoms with Crippen molar-refractivity contribution in [2.24, 2.45) is 5.73 Å². The maximum absolute atomic E-state index is 12.9. The number of esters is 1. The first-order chi connectivity index (χ1) is 15.6. The zero-order valence-corrected chi connectivity index (χ0v) is 20.1. The molecule has 1 unspecified atom stereocenters. The Hall–Kier alpha value is -2.65. The molecule has 2 rings (SSSR count). The Morgan fingerprint density at radius 1 is 1.09 bits per heavy atom. The van der Waals surface area contributed by atoms with Crippen molar-refractivity contribution >= 4 is 17.8 Å². The molecular weight excluding hydrogens is 428 g/mol. The van der Waals surface area contributed by atoms with Gasteiger partial charge in [0.15, 0.2) is 0 Å². The number of primary amides is 1. The van der Waals surface area contributed by atoms with Crippen LogP contribution < -0.4 is 10.5 Å². The number of ether oxygens (including phenoxy) is 4. The zero-order chi connectivity index (χ0) is 24.4. The minimum absolute atomic E-state index is 0.0111. The molecule has 0 fully saturated rings. The molecule has 0 bridgehead atoms. The van der Waals surface area contributed by atoms with Crippen molar-refractivity contribution in [2.45, 2.75) is 65.1 Å². The molecule has 1 atom stereocenters. The number of fused-ring (bicyclic) bond motifs is 1. The van der Waals surface area contributed by atoms with Gasteiger partial charge in [0, 0.05) is 25.1 Å². The topological polar surface area (TPSA) is 117 Å². The number of nitrogens with zero attached hydrogens (tertiary/aromatic N) is 1. The van der Waals surface area contributed by atoms with Crippen LogP contribution in [0, 0.1) is 0 Å². The van der Waals surface area contributed by atoms with E-state index in [9.17, 15) is 14.4 Å². The van der Waals surface area contributed by atoms with E-state index in [0.29, 0.717) is 37.7 Å². The predicted molar refractivity (Wildman–Crippen MR) is 122 cm³/mol. The van der Waals surface area contributed by atoms with Crippen LogP contribution in [0.3, 0.4) is 0 Å². The number of carbonyl (C=O) groups excluding carboxylic acids is 3. The maximum atomic E-state index is 12.9. The van der Waals surface area contributed by atoms with Crippen LogP contribution in [0.5, 0.6) is 5.75 Å². The van der Waals surface area contributed by atoms with Gasteiger partial charge in [-0.3, -0.25) is 14.4 Å². The fourth-order valence-electron chi connectivity index (χ4n) is 3.44. The molecule has 1 aromatic carbocycles. The summed E-state index contributed by atoms with van der Waals surface area (Å²) >= 11 is 0. The number of hydrogen-bond acceptors (Lipinski definition) is 7. The molecule has 33 heavy (non-hydrogen) atoms. The van der Waals surface area contributed by atoms with Gasteiger partial charge in [0.25, 0.3) is 5.91 Å². The standard InChI is InChI=1S/C24H36N2O7/c1-5-10-30-11-12-31-13-14-32-18-6-7-19-17(15-18)16-26(23(19)29)20(22(25)28)8-9-21(27)33-24(2,3)4/h6-7,15,20H,5,8-14,16H2,1-4H3,(H2,25,28). The number of benzene rings is 1. The van der Waals surface area contributed by atoms with E-state index in [2.05, 4.69) is 6.92 Å². The van der Waals surface area contributed by atoms with Crippen molar-refractivity contribution < 1.29 is 33.3 Å². The van der Waals surface area contributed by atoms with Crippen molar-refractivity contribution in [3.8, 4) is 5.75 Å². The van der Waals surface area contributed by atoms with Crippen LogP contribution in [-0.2, 0) is 30.3 Å². The van der Waals surface area contributed by atoms with Gasteiger partial charge in [-0.15, -0.1) is 0 Å². The first kappa shape index (κ1) is 26.6. The average Bonchev–Trinajstić information content (AvgIpc) is 3.04. The fraction of sp³-hybridized carbons (Fsp3) is 0.625. The normalized spacial score (nSPS) is 14.2. The van der Waals surface area contributed by atoms with Crippen molar-refractivity contribution in [1.29, 1.82) is 0 Å². The molecule has 0 saturated heterocycles. The van der Waals surface area contributed by atoms with Crippen LogP contribution >= 0.6 is 0 Å². The minimum atomic E-state index is -0.898. The Morgan fingerprint density at radius 2 is 1.76 bits per heavy atom. The first-order valence-electron chi connectivity index (χ1n) is 11.4. The molecule has 0 aliphatic carbocycles. The van der Waals surface area contributed by atoms with Gasteiger partial charge in [-0.1, -0.05) is 6.92 Å². The van der Waals surface area contributed by atoms with Gasteiger partial charge in [-0.05, 0) is 57.4 Å². The number of hydrogen-bond donors (Lipinski definition) is 1. The number of rotatable bonds is 14. The second-order valence-electron chi connectivity index (χ2n) is 8.87. The fourth-order valence-corrected chi connectivity index (χ4v) is 3.44. The van der Waals surface area contributed by atoms with E-state index in [1.807, 2.05) is 0 Å². The lowest BCUT2D eigenvalue weighted by Gasteiger charge is -2.25. The highest BCUT2D eigenvalue weighted by atomic mass is 16.6. The van der Waals surface area contributed by atoms with E-state index >= 15 is 0 Å². The SMILES string of the molecule is CCCOCCOCCOc1ccc2c(c1)CN(C(CCC(=O)OC(C)(C)C)C(N)=O)C2=O. The van der Waals surface area contributed by atoms with Gasteiger partial charge in [0.2, 0.25) is 5.91 Å². The molecule has 9 heteroatoms. The molecule has 2 amide bonds. The summed E-state index contributed by atoms with van der Waals surface area (Å²) in [4.78, 5) is 38.4. The summed E-state index contributed by atoms with van der Waals surface area (Å²) in [6.45, 7) is 10.2. The quantitative estimate of drug-likeness (QED) is 0.332. The zero-order valence-electron chi connectivity index (χ0n) is 20.1. The number of nitrogens with two attached hydrogens (primary N) is 1.